The highest BCUT2D eigenvalue weighted by molar-refractivity contribution is 7.89. The molecule has 0 saturated carbocycles. The summed E-state index contributed by atoms with van der Waals surface area (Å²) in [5.41, 5.74) is 0. The lowest BCUT2D eigenvalue weighted by molar-refractivity contribution is -0.134. The lowest BCUT2D eigenvalue weighted by atomic mass is 10.1. The third-order valence-electron chi connectivity index (χ3n) is 2.90. The van der Waals surface area contributed by atoms with E-state index in [0.717, 1.165) is 6.20 Å². The topological polar surface area (TPSA) is 117 Å². The molecular weight excluding hydrogens is 320 g/mol. The minimum atomic E-state index is -3.95. The molecule has 0 radical (unpaired) electrons. The number of nitrogens with zero attached hydrogens (tertiary/aromatic N) is 1. The molecule has 1 atom stereocenters. The zero-order valence-electron chi connectivity index (χ0n) is 11.0. The normalized spacial score (nSPS) is 19.2. The van der Waals surface area contributed by atoms with Gasteiger partial charge in [-0.25, -0.2) is 13.4 Å². The van der Waals surface area contributed by atoms with Gasteiger partial charge in [-0.1, -0.05) is 11.6 Å². The molecule has 0 spiro atoms. The van der Waals surface area contributed by atoms with Crippen LogP contribution in [0.15, 0.2) is 17.2 Å². The number of amides is 2. The summed E-state index contributed by atoms with van der Waals surface area (Å²) < 4.78 is 26.6. The summed E-state index contributed by atoms with van der Waals surface area (Å²) in [6, 6.07) is 0.240. The van der Waals surface area contributed by atoms with E-state index in [1.807, 2.05) is 0 Å². The predicted molar refractivity (Wildman–Crippen MR) is 75.3 cm³/mol. The molecule has 1 unspecified atom stereocenters. The maximum atomic E-state index is 12.2. The van der Waals surface area contributed by atoms with Crippen LogP contribution < -0.4 is 15.4 Å². The van der Waals surface area contributed by atoms with Gasteiger partial charge in [-0.05, 0) is 12.5 Å². The quantitative estimate of drug-likeness (QED) is 0.661. The summed E-state index contributed by atoms with van der Waals surface area (Å²) in [6.07, 6.45) is 1.32. The minimum absolute atomic E-state index is 0.0800. The van der Waals surface area contributed by atoms with E-state index in [9.17, 15) is 18.0 Å². The zero-order valence-corrected chi connectivity index (χ0v) is 12.6. The second-order valence-electron chi connectivity index (χ2n) is 4.38. The maximum Gasteiger partial charge on any atom is 0.244 e. The van der Waals surface area contributed by atoms with Gasteiger partial charge in [0.2, 0.25) is 21.8 Å². The number of sulfonamides is 1. The first-order valence-electron chi connectivity index (χ1n) is 6.03. The number of imide groups is 1. The molecule has 3 N–H and O–H groups in total. The van der Waals surface area contributed by atoms with Gasteiger partial charge >= 0.3 is 0 Å². The van der Waals surface area contributed by atoms with E-state index in [1.165, 1.54) is 6.07 Å². The number of carbonyl (C=O) groups excluding carboxylic acids is 2. The van der Waals surface area contributed by atoms with Gasteiger partial charge in [-0.3, -0.25) is 14.9 Å². The van der Waals surface area contributed by atoms with Crippen LogP contribution in [0.2, 0.25) is 5.02 Å². The Morgan fingerprint density at radius 2 is 2.14 bits per heavy atom. The lowest BCUT2D eigenvalue weighted by Crippen LogP contribution is -2.52. The number of hydrogen-bond donors (Lipinski definition) is 3. The van der Waals surface area contributed by atoms with Crippen molar-refractivity contribution in [2.75, 3.05) is 12.4 Å². The van der Waals surface area contributed by atoms with Gasteiger partial charge in [0.1, 0.15) is 16.8 Å². The highest BCUT2D eigenvalue weighted by Crippen LogP contribution is 2.22. The van der Waals surface area contributed by atoms with Crippen molar-refractivity contribution in [1.29, 1.82) is 0 Å². The molecule has 0 bridgehead atoms. The number of rotatable bonds is 4. The number of piperidine rings is 1. The highest BCUT2D eigenvalue weighted by Gasteiger charge is 2.31. The monoisotopic (exact) mass is 332 g/mol. The van der Waals surface area contributed by atoms with Crippen molar-refractivity contribution in [2.24, 2.45) is 0 Å². The Hall–Kier alpha value is -1.71. The van der Waals surface area contributed by atoms with E-state index in [1.54, 1.807) is 7.05 Å². The average Bonchev–Trinajstić information content (AvgIpc) is 2.42. The molecule has 2 rings (SSSR count). The third kappa shape index (κ3) is 3.49. The first kappa shape index (κ1) is 15.7. The molecule has 1 saturated heterocycles. The van der Waals surface area contributed by atoms with E-state index >= 15 is 0 Å². The van der Waals surface area contributed by atoms with Crippen molar-refractivity contribution in [3.8, 4) is 0 Å². The van der Waals surface area contributed by atoms with Crippen LogP contribution in [0.5, 0.6) is 0 Å². The molecule has 2 heterocycles. The van der Waals surface area contributed by atoms with Gasteiger partial charge in [0.05, 0.1) is 5.02 Å². The summed E-state index contributed by atoms with van der Waals surface area (Å²) in [5.74, 6) is -0.740. The first-order chi connectivity index (χ1) is 9.83. The average molecular weight is 333 g/mol. The van der Waals surface area contributed by atoms with E-state index in [-0.39, 0.29) is 22.8 Å². The van der Waals surface area contributed by atoms with Gasteiger partial charge in [0.15, 0.2) is 0 Å². The molecule has 1 aromatic heterocycles. The van der Waals surface area contributed by atoms with E-state index < -0.39 is 27.9 Å². The van der Waals surface area contributed by atoms with Crippen LogP contribution in [0.4, 0.5) is 5.82 Å². The van der Waals surface area contributed by atoms with Crippen molar-refractivity contribution >= 4 is 39.3 Å². The summed E-state index contributed by atoms with van der Waals surface area (Å²) in [4.78, 5) is 26.3. The van der Waals surface area contributed by atoms with Crippen LogP contribution >= 0.6 is 11.6 Å². The van der Waals surface area contributed by atoms with Crippen LogP contribution in [0.25, 0.3) is 0 Å². The van der Waals surface area contributed by atoms with Crippen LogP contribution in [-0.2, 0) is 19.6 Å². The van der Waals surface area contributed by atoms with Crippen LogP contribution in [0, 0.1) is 0 Å². The molecule has 0 aromatic carbocycles. The molecule has 1 aliphatic heterocycles. The van der Waals surface area contributed by atoms with Crippen molar-refractivity contribution in [1.82, 2.24) is 15.0 Å². The number of nitrogens with one attached hydrogen (secondary N) is 3. The SMILES string of the molecule is CNc1ncc(S(=O)(=O)NC2CCC(=O)NC2=O)cc1Cl. The van der Waals surface area contributed by atoms with E-state index in [4.69, 9.17) is 11.6 Å². The van der Waals surface area contributed by atoms with Crippen molar-refractivity contribution in [3.63, 3.8) is 0 Å². The number of halogens is 1. The minimum Gasteiger partial charge on any atom is -0.372 e. The fraction of sp³-hybridized carbons (Fsp3) is 0.364. The molecule has 1 aromatic rings. The Bertz CT molecular complexity index is 691. The molecule has 10 heteroatoms. The molecule has 2 amide bonds. The van der Waals surface area contributed by atoms with Gasteiger partial charge in [-0.2, -0.15) is 4.72 Å². The maximum absolute atomic E-state index is 12.2. The van der Waals surface area contributed by atoms with Crippen LogP contribution in [-0.4, -0.2) is 38.3 Å². The standard InChI is InChI=1S/C11H13ClN4O4S/c1-13-10-7(12)4-6(5-14-10)21(19,20)16-8-2-3-9(17)15-11(8)18/h4-5,8,16H,2-3H2,1H3,(H,13,14)(H,15,17,18). The summed E-state index contributed by atoms with van der Waals surface area (Å²) in [7, 11) is -2.35. The molecule has 114 valence electrons. The fourth-order valence-electron chi connectivity index (χ4n) is 1.81. The number of anilines is 1. The van der Waals surface area contributed by atoms with Crippen molar-refractivity contribution < 1.29 is 18.0 Å². The Balaban J connectivity index is 2.20. The molecule has 8 nitrogen and oxygen atoms in total. The Labute approximate surface area is 126 Å². The van der Waals surface area contributed by atoms with Gasteiger partial charge in [0.25, 0.3) is 0 Å². The molecule has 1 fully saturated rings. The Morgan fingerprint density at radius 3 is 2.71 bits per heavy atom. The van der Waals surface area contributed by atoms with Gasteiger partial charge < -0.3 is 5.32 Å². The second-order valence-corrected chi connectivity index (χ2v) is 6.50. The Morgan fingerprint density at radius 1 is 1.43 bits per heavy atom. The zero-order chi connectivity index (χ0) is 15.6. The number of hydrogen-bond acceptors (Lipinski definition) is 6. The summed E-state index contributed by atoms with van der Waals surface area (Å²) in [5, 5.41) is 4.93. The van der Waals surface area contributed by atoms with E-state index in [2.05, 4.69) is 20.3 Å². The summed E-state index contributed by atoms with van der Waals surface area (Å²) >= 11 is 5.88. The lowest BCUT2D eigenvalue weighted by Gasteiger charge is -2.21. The third-order valence-corrected chi connectivity index (χ3v) is 4.63. The number of carbonyl (C=O) groups is 2. The molecule has 21 heavy (non-hydrogen) atoms. The molecular formula is C11H13ClN4O4S. The van der Waals surface area contributed by atoms with Gasteiger partial charge in [0, 0.05) is 19.7 Å². The predicted octanol–water partition coefficient (Wildman–Crippen LogP) is -0.140. The van der Waals surface area contributed by atoms with Crippen molar-refractivity contribution in [3.05, 3.63) is 17.3 Å². The van der Waals surface area contributed by atoms with Crippen molar-refractivity contribution in [2.45, 2.75) is 23.8 Å². The first-order valence-corrected chi connectivity index (χ1v) is 7.89. The summed E-state index contributed by atoms with van der Waals surface area (Å²) in [6.45, 7) is 0. The largest absolute Gasteiger partial charge is 0.372 e. The highest BCUT2D eigenvalue weighted by atomic mass is 35.5. The van der Waals surface area contributed by atoms with Crippen LogP contribution in [0.3, 0.4) is 0 Å². The fourth-order valence-corrected chi connectivity index (χ4v) is 3.34. The van der Waals surface area contributed by atoms with E-state index in [0.29, 0.717) is 5.82 Å². The number of pyridine rings is 1. The molecule has 1 aliphatic rings. The second kappa shape index (κ2) is 5.96. The number of aromatic nitrogens is 1. The smallest absolute Gasteiger partial charge is 0.244 e. The van der Waals surface area contributed by atoms with Crippen LogP contribution in [0.1, 0.15) is 12.8 Å². The molecule has 0 aliphatic carbocycles. The Kier molecular flexibility index (Phi) is 4.45. The van der Waals surface area contributed by atoms with Gasteiger partial charge in [-0.15, -0.1) is 0 Å².